The van der Waals surface area contributed by atoms with Crippen LogP contribution in [0.15, 0.2) is 12.4 Å². The van der Waals surface area contributed by atoms with Gasteiger partial charge in [0.1, 0.15) is 11.3 Å². The minimum absolute atomic E-state index is 0.271. The lowest BCUT2D eigenvalue weighted by Gasteiger charge is -2.27. The second kappa shape index (κ2) is 5.00. The Morgan fingerprint density at radius 3 is 2.74 bits per heavy atom. The lowest BCUT2D eigenvalue weighted by Crippen LogP contribution is -2.25. The number of nitrogens with zero attached hydrogens (tertiary/aromatic N) is 3. The summed E-state index contributed by atoms with van der Waals surface area (Å²) in [6, 6.07) is 1.84. The van der Waals surface area contributed by atoms with E-state index in [4.69, 9.17) is 11.6 Å². The quantitative estimate of drug-likeness (QED) is 0.932. The molecule has 0 fully saturated rings. The lowest BCUT2D eigenvalue weighted by molar-refractivity contribution is 0.274. The summed E-state index contributed by atoms with van der Waals surface area (Å²) in [5, 5.41) is 4.00. The number of pyridine rings is 1. The Morgan fingerprint density at radius 2 is 2.11 bits per heavy atom. The number of hydrogen-bond donors (Lipinski definition) is 1. The molecule has 0 aliphatic carbocycles. The van der Waals surface area contributed by atoms with Crippen LogP contribution in [0.2, 0.25) is 5.02 Å². The fraction of sp³-hybridized carbons (Fsp3) is 0.571. The number of aromatic nitrogens is 3. The highest BCUT2D eigenvalue weighted by molar-refractivity contribution is 6.35. The average molecular weight is 281 g/mol. The number of rotatable bonds is 3. The van der Waals surface area contributed by atoms with Crippen molar-refractivity contribution in [3.63, 3.8) is 0 Å². The third-order valence-electron chi connectivity index (χ3n) is 3.69. The van der Waals surface area contributed by atoms with Crippen molar-refractivity contribution in [2.75, 3.05) is 11.9 Å². The summed E-state index contributed by atoms with van der Waals surface area (Å²) in [6.07, 6.45) is 1.73. The molecule has 19 heavy (non-hydrogen) atoms. The topological polar surface area (TPSA) is 42.7 Å². The van der Waals surface area contributed by atoms with E-state index in [0.717, 1.165) is 23.5 Å². The SMILES string of the molecule is C[C@H](CNc1cc(Cl)c2ncn(C)c2n1)C(C)(C)C. The van der Waals surface area contributed by atoms with E-state index < -0.39 is 0 Å². The van der Waals surface area contributed by atoms with Gasteiger partial charge in [-0.1, -0.05) is 39.3 Å². The zero-order valence-electron chi connectivity index (χ0n) is 12.2. The molecule has 0 aromatic carbocycles. The highest BCUT2D eigenvalue weighted by Gasteiger charge is 2.20. The Morgan fingerprint density at radius 1 is 1.42 bits per heavy atom. The zero-order chi connectivity index (χ0) is 14.2. The van der Waals surface area contributed by atoms with Crippen LogP contribution in [0.5, 0.6) is 0 Å². The molecule has 1 atom stereocenters. The molecule has 2 heterocycles. The summed E-state index contributed by atoms with van der Waals surface area (Å²) < 4.78 is 1.87. The molecule has 0 spiro atoms. The van der Waals surface area contributed by atoms with E-state index in [1.54, 1.807) is 6.33 Å². The monoisotopic (exact) mass is 280 g/mol. The number of halogens is 1. The highest BCUT2D eigenvalue weighted by Crippen LogP contribution is 2.27. The summed E-state index contributed by atoms with van der Waals surface area (Å²) in [7, 11) is 1.92. The van der Waals surface area contributed by atoms with Crippen LogP contribution in [0.4, 0.5) is 5.82 Å². The predicted molar refractivity (Wildman–Crippen MR) is 80.6 cm³/mol. The molecule has 2 aromatic heterocycles. The van der Waals surface area contributed by atoms with Crippen molar-refractivity contribution in [2.24, 2.45) is 18.4 Å². The minimum Gasteiger partial charge on any atom is -0.370 e. The maximum absolute atomic E-state index is 6.22. The number of imidazole rings is 1. The first-order chi connectivity index (χ1) is 8.79. The Balaban J connectivity index is 2.20. The fourth-order valence-electron chi connectivity index (χ4n) is 1.71. The van der Waals surface area contributed by atoms with Gasteiger partial charge in [0.15, 0.2) is 5.65 Å². The molecule has 0 radical (unpaired) electrons. The summed E-state index contributed by atoms with van der Waals surface area (Å²) in [4.78, 5) is 8.79. The van der Waals surface area contributed by atoms with Gasteiger partial charge >= 0.3 is 0 Å². The van der Waals surface area contributed by atoms with Gasteiger partial charge in [-0.15, -0.1) is 0 Å². The third kappa shape index (κ3) is 3.00. The summed E-state index contributed by atoms with van der Waals surface area (Å²) in [5.74, 6) is 1.34. The van der Waals surface area contributed by atoms with Gasteiger partial charge in [0.25, 0.3) is 0 Å². The van der Waals surface area contributed by atoms with Crippen LogP contribution in [0.25, 0.3) is 11.2 Å². The first-order valence-corrected chi connectivity index (χ1v) is 6.88. The van der Waals surface area contributed by atoms with Gasteiger partial charge in [0.2, 0.25) is 0 Å². The summed E-state index contributed by atoms with van der Waals surface area (Å²) >= 11 is 6.22. The molecule has 104 valence electrons. The van der Waals surface area contributed by atoms with Crippen LogP contribution in [0.1, 0.15) is 27.7 Å². The number of nitrogens with one attached hydrogen (secondary N) is 1. The van der Waals surface area contributed by atoms with E-state index in [-0.39, 0.29) is 5.41 Å². The summed E-state index contributed by atoms with van der Waals surface area (Å²) in [5.41, 5.74) is 1.82. The zero-order valence-corrected chi connectivity index (χ0v) is 12.9. The van der Waals surface area contributed by atoms with E-state index >= 15 is 0 Å². The Hall–Kier alpha value is -1.29. The molecule has 0 aliphatic heterocycles. The predicted octanol–water partition coefficient (Wildman–Crippen LogP) is 3.72. The molecule has 2 rings (SSSR count). The van der Waals surface area contributed by atoms with Crippen molar-refractivity contribution >= 4 is 28.6 Å². The second-order valence-corrected chi connectivity index (χ2v) is 6.57. The molecular weight excluding hydrogens is 260 g/mol. The van der Waals surface area contributed by atoms with E-state index in [2.05, 4.69) is 43.0 Å². The maximum atomic E-state index is 6.22. The normalized spacial score (nSPS) is 13.8. The maximum Gasteiger partial charge on any atom is 0.163 e. The molecule has 0 amide bonds. The Labute approximate surface area is 119 Å². The first-order valence-electron chi connectivity index (χ1n) is 6.50. The Kier molecular flexibility index (Phi) is 3.72. The number of hydrogen-bond acceptors (Lipinski definition) is 3. The van der Waals surface area contributed by atoms with Crippen LogP contribution in [-0.4, -0.2) is 21.1 Å². The number of anilines is 1. The molecule has 2 aromatic rings. The van der Waals surface area contributed by atoms with Gasteiger partial charge in [0, 0.05) is 19.7 Å². The molecule has 0 saturated carbocycles. The summed E-state index contributed by atoms with van der Waals surface area (Å²) in [6.45, 7) is 9.82. The minimum atomic E-state index is 0.271. The van der Waals surface area contributed by atoms with Gasteiger partial charge in [0.05, 0.1) is 11.3 Å². The van der Waals surface area contributed by atoms with Gasteiger partial charge in [-0.2, -0.15) is 0 Å². The standard InChI is InChI=1S/C14H21ClN4/c1-9(14(2,3)4)7-16-11-6-10(15)12-13(18-11)19(5)8-17-12/h6,8-9H,7H2,1-5H3,(H,16,18)/t9-/m1/s1. The van der Waals surface area contributed by atoms with Crippen LogP contribution >= 0.6 is 11.6 Å². The average Bonchev–Trinajstić information content (AvgIpc) is 2.67. The van der Waals surface area contributed by atoms with Gasteiger partial charge in [-0.05, 0) is 11.3 Å². The third-order valence-corrected chi connectivity index (χ3v) is 3.98. The van der Waals surface area contributed by atoms with Crippen molar-refractivity contribution in [3.8, 4) is 0 Å². The number of aryl methyl sites for hydroxylation is 1. The second-order valence-electron chi connectivity index (χ2n) is 6.16. The van der Waals surface area contributed by atoms with E-state index in [1.165, 1.54) is 0 Å². The molecular formula is C14H21ClN4. The van der Waals surface area contributed by atoms with Crippen molar-refractivity contribution in [1.29, 1.82) is 0 Å². The fourth-order valence-corrected chi connectivity index (χ4v) is 1.95. The van der Waals surface area contributed by atoms with Gasteiger partial charge in [-0.3, -0.25) is 0 Å². The van der Waals surface area contributed by atoms with E-state index in [9.17, 15) is 0 Å². The van der Waals surface area contributed by atoms with Crippen molar-refractivity contribution in [1.82, 2.24) is 14.5 Å². The van der Waals surface area contributed by atoms with Crippen LogP contribution in [0, 0.1) is 11.3 Å². The molecule has 4 nitrogen and oxygen atoms in total. The first kappa shape index (κ1) is 14.1. The number of fused-ring (bicyclic) bond motifs is 1. The van der Waals surface area contributed by atoms with E-state index in [0.29, 0.717) is 10.9 Å². The van der Waals surface area contributed by atoms with Crippen LogP contribution in [0.3, 0.4) is 0 Å². The molecule has 0 unspecified atom stereocenters. The van der Waals surface area contributed by atoms with Gasteiger partial charge < -0.3 is 9.88 Å². The molecule has 5 heteroatoms. The van der Waals surface area contributed by atoms with Crippen LogP contribution in [-0.2, 0) is 7.05 Å². The van der Waals surface area contributed by atoms with Crippen LogP contribution < -0.4 is 5.32 Å². The van der Waals surface area contributed by atoms with Crippen molar-refractivity contribution in [2.45, 2.75) is 27.7 Å². The largest absolute Gasteiger partial charge is 0.370 e. The molecule has 1 N–H and O–H groups in total. The molecule has 0 aliphatic rings. The van der Waals surface area contributed by atoms with Crippen molar-refractivity contribution < 1.29 is 0 Å². The van der Waals surface area contributed by atoms with E-state index in [1.807, 2.05) is 17.7 Å². The Bertz CT molecular complexity index is 583. The van der Waals surface area contributed by atoms with Crippen molar-refractivity contribution in [3.05, 3.63) is 17.4 Å². The smallest absolute Gasteiger partial charge is 0.163 e. The van der Waals surface area contributed by atoms with Gasteiger partial charge in [-0.25, -0.2) is 9.97 Å². The molecule has 0 saturated heterocycles. The molecule has 0 bridgehead atoms. The highest BCUT2D eigenvalue weighted by atomic mass is 35.5. The lowest BCUT2D eigenvalue weighted by atomic mass is 9.82.